The minimum absolute atomic E-state index is 0.00969. The maximum atomic E-state index is 10.8. The minimum atomic E-state index is -0.635. The number of carbonyl (C=O) groups is 1. The van der Waals surface area contributed by atoms with Gasteiger partial charge in [-0.3, -0.25) is 4.79 Å². The highest BCUT2D eigenvalue weighted by Gasteiger charge is 2.35. The Morgan fingerprint density at radius 2 is 1.88 bits per heavy atom. The smallest absolute Gasteiger partial charge is 0.216 e. The number of aliphatic hydroxyl groups excluding tert-OH is 2. The zero-order chi connectivity index (χ0) is 12.4. The van der Waals surface area contributed by atoms with Crippen LogP contribution in [0.5, 0.6) is 0 Å². The van der Waals surface area contributed by atoms with Crippen LogP contribution in [0, 0.1) is 5.92 Å². The summed E-state index contributed by atoms with van der Waals surface area (Å²) in [5.74, 6) is 0.476. The van der Waals surface area contributed by atoms with E-state index in [1.54, 1.807) is 0 Å². The average molecular weight is 243 g/mol. The quantitative estimate of drug-likeness (QED) is 0.556. The molecular formula is C11H21N3O3. The highest BCUT2D eigenvalue weighted by Crippen LogP contribution is 2.21. The van der Waals surface area contributed by atoms with Crippen molar-refractivity contribution in [1.82, 2.24) is 15.3 Å². The maximum absolute atomic E-state index is 10.8. The van der Waals surface area contributed by atoms with E-state index in [4.69, 9.17) is 0 Å². The molecule has 0 bridgehead atoms. The number of carbonyl (C=O) groups excluding carboxylic acids is 1. The van der Waals surface area contributed by atoms with Crippen molar-refractivity contribution in [3.8, 4) is 0 Å². The Labute approximate surface area is 101 Å². The first-order valence-electron chi connectivity index (χ1n) is 6.16. The number of rotatable bonds is 3. The van der Waals surface area contributed by atoms with Crippen molar-refractivity contribution < 1.29 is 15.0 Å². The molecule has 0 aliphatic carbocycles. The molecule has 0 spiro atoms. The SMILES string of the molecule is CC(=O)NCC1CCN(N2CC(O)C(O)C2)C1. The Hall–Kier alpha value is -0.690. The van der Waals surface area contributed by atoms with Crippen LogP contribution in [0.15, 0.2) is 0 Å². The normalized spacial score (nSPS) is 35.4. The number of hydrogen-bond acceptors (Lipinski definition) is 5. The average Bonchev–Trinajstić information content (AvgIpc) is 2.84. The Morgan fingerprint density at radius 3 is 2.47 bits per heavy atom. The van der Waals surface area contributed by atoms with E-state index in [0.717, 1.165) is 19.5 Å². The van der Waals surface area contributed by atoms with Crippen molar-refractivity contribution in [3.63, 3.8) is 0 Å². The minimum Gasteiger partial charge on any atom is -0.389 e. The second-order valence-electron chi connectivity index (χ2n) is 5.01. The van der Waals surface area contributed by atoms with Gasteiger partial charge in [-0.15, -0.1) is 0 Å². The molecule has 6 nitrogen and oxygen atoms in total. The van der Waals surface area contributed by atoms with Crippen LogP contribution in [0.25, 0.3) is 0 Å². The number of amides is 1. The molecule has 0 saturated carbocycles. The summed E-state index contributed by atoms with van der Waals surface area (Å²) < 4.78 is 0. The van der Waals surface area contributed by atoms with Gasteiger partial charge in [0.2, 0.25) is 5.91 Å². The molecule has 2 fully saturated rings. The zero-order valence-electron chi connectivity index (χ0n) is 10.2. The van der Waals surface area contributed by atoms with Gasteiger partial charge in [-0.25, -0.2) is 10.0 Å². The van der Waals surface area contributed by atoms with Gasteiger partial charge in [0.1, 0.15) is 0 Å². The Morgan fingerprint density at radius 1 is 1.24 bits per heavy atom. The van der Waals surface area contributed by atoms with Crippen molar-refractivity contribution >= 4 is 5.91 Å². The lowest BCUT2D eigenvalue weighted by Gasteiger charge is -2.27. The Kier molecular flexibility index (Phi) is 3.98. The lowest BCUT2D eigenvalue weighted by atomic mass is 10.1. The van der Waals surface area contributed by atoms with E-state index < -0.39 is 12.2 Å². The van der Waals surface area contributed by atoms with E-state index in [0.29, 0.717) is 25.6 Å². The van der Waals surface area contributed by atoms with Crippen molar-refractivity contribution in [2.45, 2.75) is 25.6 Å². The van der Waals surface area contributed by atoms with Gasteiger partial charge in [0.25, 0.3) is 0 Å². The largest absolute Gasteiger partial charge is 0.389 e. The molecule has 2 aliphatic heterocycles. The summed E-state index contributed by atoms with van der Waals surface area (Å²) in [6.07, 6.45) is -0.225. The first-order valence-corrected chi connectivity index (χ1v) is 6.16. The van der Waals surface area contributed by atoms with Gasteiger partial charge in [-0.1, -0.05) is 0 Å². The number of nitrogens with one attached hydrogen (secondary N) is 1. The first-order chi connectivity index (χ1) is 8.06. The first kappa shape index (κ1) is 12.8. The standard InChI is InChI=1S/C11H21N3O3/c1-8(15)12-4-9-2-3-13(5-9)14-6-10(16)11(17)7-14/h9-11,16-17H,2-7H2,1H3,(H,12,15). The molecule has 0 radical (unpaired) electrons. The third kappa shape index (κ3) is 3.16. The summed E-state index contributed by atoms with van der Waals surface area (Å²) in [6, 6.07) is 0. The molecule has 3 unspecified atom stereocenters. The Bertz CT molecular complexity index is 277. The molecule has 3 atom stereocenters. The van der Waals surface area contributed by atoms with E-state index in [1.165, 1.54) is 6.92 Å². The van der Waals surface area contributed by atoms with Crippen LogP contribution in [0.2, 0.25) is 0 Å². The van der Waals surface area contributed by atoms with E-state index in [9.17, 15) is 15.0 Å². The molecule has 2 rings (SSSR count). The lowest BCUT2D eigenvalue weighted by molar-refractivity contribution is -0.119. The van der Waals surface area contributed by atoms with E-state index in [2.05, 4.69) is 10.3 Å². The van der Waals surface area contributed by atoms with E-state index >= 15 is 0 Å². The molecule has 3 N–H and O–H groups in total. The lowest BCUT2D eigenvalue weighted by Crippen LogP contribution is -2.41. The molecule has 2 heterocycles. The Balaban J connectivity index is 1.76. The molecule has 2 saturated heterocycles. The number of nitrogens with zero attached hydrogens (tertiary/aromatic N) is 2. The van der Waals surface area contributed by atoms with Gasteiger partial charge < -0.3 is 15.5 Å². The van der Waals surface area contributed by atoms with Crippen molar-refractivity contribution in [1.29, 1.82) is 0 Å². The summed E-state index contributed by atoms with van der Waals surface area (Å²) in [5, 5.41) is 26.0. The van der Waals surface area contributed by atoms with Gasteiger partial charge in [0, 0.05) is 39.6 Å². The second kappa shape index (κ2) is 5.30. The fraction of sp³-hybridized carbons (Fsp3) is 0.909. The number of aliphatic hydroxyl groups is 2. The highest BCUT2D eigenvalue weighted by molar-refractivity contribution is 5.72. The second-order valence-corrected chi connectivity index (χ2v) is 5.01. The molecule has 6 heteroatoms. The summed E-state index contributed by atoms with van der Waals surface area (Å²) in [6.45, 7) is 5.08. The van der Waals surface area contributed by atoms with Gasteiger partial charge in [0.05, 0.1) is 12.2 Å². The molecule has 98 valence electrons. The molecule has 1 amide bonds. The van der Waals surface area contributed by atoms with Gasteiger partial charge in [0.15, 0.2) is 0 Å². The molecule has 0 aromatic carbocycles. The van der Waals surface area contributed by atoms with Crippen molar-refractivity contribution in [2.75, 3.05) is 32.7 Å². The molecule has 0 aromatic heterocycles. The zero-order valence-corrected chi connectivity index (χ0v) is 10.2. The molecule has 17 heavy (non-hydrogen) atoms. The fourth-order valence-corrected chi connectivity index (χ4v) is 2.50. The summed E-state index contributed by atoms with van der Waals surface area (Å²) in [7, 11) is 0. The van der Waals surface area contributed by atoms with Crippen molar-refractivity contribution in [3.05, 3.63) is 0 Å². The number of hydrazine groups is 1. The maximum Gasteiger partial charge on any atom is 0.216 e. The highest BCUT2D eigenvalue weighted by atomic mass is 16.3. The van der Waals surface area contributed by atoms with Crippen LogP contribution in [0.4, 0.5) is 0 Å². The van der Waals surface area contributed by atoms with Crippen LogP contribution >= 0.6 is 0 Å². The van der Waals surface area contributed by atoms with Crippen molar-refractivity contribution in [2.24, 2.45) is 5.92 Å². The van der Waals surface area contributed by atoms with Crippen LogP contribution in [0.1, 0.15) is 13.3 Å². The number of hydrogen-bond donors (Lipinski definition) is 3. The fourth-order valence-electron chi connectivity index (χ4n) is 2.50. The summed E-state index contributed by atoms with van der Waals surface area (Å²) in [5.41, 5.74) is 0. The molecule has 2 aliphatic rings. The van der Waals surface area contributed by atoms with Crippen LogP contribution in [0.3, 0.4) is 0 Å². The van der Waals surface area contributed by atoms with Crippen LogP contribution < -0.4 is 5.32 Å². The predicted molar refractivity (Wildman–Crippen MR) is 62.0 cm³/mol. The van der Waals surface area contributed by atoms with Gasteiger partial charge in [-0.05, 0) is 12.3 Å². The number of β-amino-alcohol motifs (C(OH)–C–C–N with tert-alkyl or cyclic N) is 2. The summed E-state index contributed by atoms with van der Waals surface area (Å²) in [4.78, 5) is 10.8. The van der Waals surface area contributed by atoms with Gasteiger partial charge in [-0.2, -0.15) is 0 Å². The predicted octanol–water partition coefficient (Wildman–Crippen LogP) is -1.60. The van der Waals surface area contributed by atoms with Crippen LogP contribution in [-0.2, 0) is 4.79 Å². The van der Waals surface area contributed by atoms with E-state index in [1.807, 2.05) is 5.01 Å². The van der Waals surface area contributed by atoms with E-state index in [-0.39, 0.29) is 5.91 Å². The van der Waals surface area contributed by atoms with Crippen LogP contribution in [-0.4, -0.2) is 71.1 Å². The van der Waals surface area contributed by atoms with Gasteiger partial charge >= 0.3 is 0 Å². The topological polar surface area (TPSA) is 76.0 Å². The molecular weight excluding hydrogens is 222 g/mol. The third-order valence-electron chi connectivity index (χ3n) is 3.54. The monoisotopic (exact) mass is 243 g/mol. The third-order valence-corrected chi connectivity index (χ3v) is 3.54. The molecule has 0 aromatic rings. The summed E-state index contributed by atoms with van der Waals surface area (Å²) >= 11 is 0.